The lowest BCUT2D eigenvalue weighted by Gasteiger charge is -2.06. The Morgan fingerprint density at radius 1 is 1.33 bits per heavy atom. The molecule has 6 heteroatoms. The smallest absolute Gasteiger partial charge is 0.390 e. The second-order valence-corrected chi connectivity index (χ2v) is 5.20. The van der Waals surface area contributed by atoms with Crippen molar-refractivity contribution in [2.45, 2.75) is 12.5 Å². The van der Waals surface area contributed by atoms with Gasteiger partial charge in [-0.2, -0.15) is 0 Å². The standard InChI is InChI=1S/C3H10O3S2Si/c4-9(5,6)3-1-2-8-7/h4-7H,1-3H2. The molecule has 0 aliphatic heterocycles. The van der Waals surface area contributed by atoms with E-state index in [4.69, 9.17) is 14.4 Å². The van der Waals surface area contributed by atoms with Crippen molar-refractivity contribution in [3.8, 4) is 0 Å². The minimum absolute atomic E-state index is 0.112. The van der Waals surface area contributed by atoms with E-state index in [0.717, 1.165) is 5.75 Å². The second-order valence-electron chi connectivity index (χ2n) is 1.71. The summed E-state index contributed by atoms with van der Waals surface area (Å²) in [5.74, 6) is 0.736. The van der Waals surface area contributed by atoms with Gasteiger partial charge in [-0.05, 0) is 6.42 Å². The first kappa shape index (κ1) is 9.80. The van der Waals surface area contributed by atoms with E-state index in [0.29, 0.717) is 6.42 Å². The summed E-state index contributed by atoms with van der Waals surface area (Å²) in [6, 6.07) is 0.112. The van der Waals surface area contributed by atoms with E-state index in [9.17, 15) is 0 Å². The predicted octanol–water partition coefficient (Wildman–Crippen LogP) is -0.130. The second kappa shape index (κ2) is 4.59. The molecule has 3 nitrogen and oxygen atoms in total. The zero-order chi connectivity index (χ0) is 7.33. The van der Waals surface area contributed by atoms with Gasteiger partial charge < -0.3 is 14.4 Å². The van der Waals surface area contributed by atoms with Crippen LogP contribution in [0.3, 0.4) is 0 Å². The van der Waals surface area contributed by atoms with Crippen LogP contribution in [-0.4, -0.2) is 28.9 Å². The Hall–Kier alpha value is 0.797. The zero-order valence-electron chi connectivity index (χ0n) is 4.82. The summed E-state index contributed by atoms with van der Waals surface area (Å²) in [7, 11) is -2.42. The molecule has 0 aromatic heterocycles. The maximum Gasteiger partial charge on any atom is 0.492 e. The first-order valence-electron chi connectivity index (χ1n) is 2.50. The summed E-state index contributed by atoms with van der Waals surface area (Å²) >= 11 is 3.84. The minimum Gasteiger partial charge on any atom is -0.390 e. The molecule has 0 spiro atoms. The number of hydrogen-bond acceptors (Lipinski definition) is 5. The van der Waals surface area contributed by atoms with Gasteiger partial charge in [-0.3, -0.25) is 0 Å². The number of thiol groups is 1. The number of hydrogen-bond donors (Lipinski definition) is 4. The third-order valence-corrected chi connectivity index (χ3v) is 2.79. The molecular weight excluding hydrogens is 176 g/mol. The van der Waals surface area contributed by atoms with Crippen molar-refractivity contribution in [1.82, 2.24) is 0 Å². The molecule has 0 heterocycles. The van der Waals surface area contributed by atoms with Crippen LogP contribution in [0.5, 0.6) is 0 Å². The molecule has 0 bridgehead atoms. The van der Waals surface area contributed by atoms with Crippen LogP contribution < -0.4 is 0 Å². The van der Waals surface area contributed by atoms with Gasteiger partial charge in [0.25, 0.3) is 0 Å². The molecule has 0 fully saturated rings. The molecule has 0 saturated heterocycles. The normalized spacial score (nSPS) is 12.0. The van der Waals surface area contributed by atoms with Crippen molar-refractivity contribution >= 4 is 31.3 Å². The van der Waals surface area contributed by atoms with E-state index < -0.39 is 8.80 Å². The van der Waals surface area contributed by atoms with Crippen molar-refractivity contribution in [3.63, 3.8) is 0 Å². The summed E-state index contributed by atoms with van der Waals surface area (Å²) in [6.07, 6.45) is 0.601. The lowest BCUT2D eigenvalue weighted by Crippen LogP contribution is -2.34. The highest BCUT2D eigenvalue weighted by atomic mass is 33.1. The fraction of sp³-hybridized carbons (Fsp3) is 1.00. The van der Waals surface area contributed by atoms with Crippen LogP contribution in [-0.2, 0) is 0 Å². The third-order valence-electron chi connectivity index (χ3n) is 0.748. The molecule has 9 heavy (non-hydrogen) atoms. The summed E-state index contributed by atoms with van der Waals surface area (Å²) < 4.78 is 0. The van der Waals surface area contributed by atoms with Crippen molar-refractivity contribution in [2.75, 3.05) is 5.75 Å². The van der Waals surface area contributed by atoms with E-state index in [1.807, 2.05) is 0 Å². The van der Waals surface area contributed by atoms with Crippen LogP contribution >= 0.6 is 22.5 Å². The average molecular weight is 186 g/mol. The molecule has 0 saturated carbocycles. The fourth-order valence-electron chi connectivity index (χ4n) is 0.374. The minimum atomic E-state index is -3.74. The number of rotatable bonds is 4. The Balaban J connectivity index is 3.07. The van der Waals surface area contributed by atoms with Gasteiger partial charge in [0, 0.05) is 11.8 Å². The highest BCUT2D eigenvalue weighted by Crippen LogP contribution is 2.10. The lowest BCUT2D eigenvalue weighted by molar-refractivity contribution is 0.227. The first-order chi connectivity index (χ1) is 4.06. The lowest BCUT2D eigenvalue weighted by atomic mass is 10.6. The van der Waals surface area contributed by atoms with E-state index in [2.05, 4.69) is 11.7 Å². The van der Waals surface area contributed by atoms with E-state index in [-0.39, 0.29) is 6.04 Å². The van der Waals surface area contributed by atoms with E-state index >= 15 is 0 Å². The molecule has 56 valence electrons. The van der Waals surface area contributed by atoms with Gasteiger partial charge in [0.15, 0.2) is 0 Å². The van der Waals surface area contributed by atoms with Gasteiger partial charge in [0.2, 0.25) is 0 Å². The van der Waals surface area contributed by atoms with Gasteiger partial charge in [0.05, 0.1) is 0 Å². The molecule has 0 aliphatic carbocycles. The summed E-state index contributed by atoms with van der Waals surface area (Å²) in [5, 5.41) is 0. The molecule has 0 unspecified atom stereocenters. The van der Waals surface area contributed by atoms with Gasteiger partial charge in [-0.25, -0.2) is 0 Å². The summed E-state index contributed by atoms with van der Waals surface area (Å²) in [6.45, 7) is 0. The van der Waals surface area contributed by atoms with E-state index in [1.165, 1.54) is 10.8 Å². The van der Waals surface area contributed by atoms with Crippen LogP contribution in [0.2, 0.25) is 6.04 Å². The van der Waals surface area contributed by atoms with Gasteiger partial charge >= 0.3 is 8.80 Å². The molecular formula is C3H10O3S2Si. The maximum atomic E-state index is 8.46. The van der Waals surface area contributed by atoms with Crippen molar-refractivity contribution in [2.24, 2.45) is 0 Å². The Kier molecular flexibility index (Phi) is 4.99. The summed E-state index contributed by atoms with van der Waals surface area (Å²) in [5.41, 5.74) is 0. The van der Waals surface area contributed by atoms with Gasteiger partial charge in [-0.1, -0.05) is 10.8 Å². The molecule has 0 aromatic carbocycles. The molecule has 0 rings (SSSR count). The maximum absolute atomic E-state index is 8.46. The topological polar surface area (TPSA) is 60.7 Å². The molecule has 0 aliphatic rings. The van der Waals surface area contributed by atoms with Crippen molar-refractivity contribution < 1.29 is 14.4 Å². The zero-order valence-corrected chi connectivity index (χ0v) is 7.53. The Labute approximate surface area is 64.3 Å². The van der Waals surface area contributed by atoms with E-state index in [1.54, 1.807) is 0 Å². The Morgan fingerprint density at radius 2 is 1.89 bits per heavy atom. The quantitative estimate of drug-likeness (QED) is 0.214. The van der Waals surface area contributed by atoms with Crippen LogP contribution in [0.4, 0.5) is 0 Å². The van der Waals surface area contributed by atoms with Crippen LogP contribution in [0.1, 0.15) is 6.42 Å². The Bertz CT molecular complexity index is 73.9. The molecule has 3 N–H and O–H groups in total. The fourth-order valence-corrected chi connectivity index (χ4v) is 1.94. The monoisotopic (exact) mass is 186 g/mol. The van der Waals surface area contributed by atoms with Crippen LogP contribution in [0.15, 0.2) is 0 Å². The summed E-state index contributed by atoms with van der Waals surface area (Å²) in [4.78, 5) is 25.4. The predicted molar refractivity (Wildman–Crippen MR) is 43.3 cm³/mol. The van der Waals surface area contributed by atoms with Gasteiger partial charge in [-0.15, -0.1) is 11.7 Å². The average Bonchev–Trinajstić information content (AvgIpc) is 1.63. The molecule has 0 amide bonds. The van der Waals surface area contributed by atoms with Crippen LogP contribution in [0, 0.1) is 0 Å². The van der Waals surface area contributed by atoms with Crippen molar-refractivity contribution in [3.05, 3.63) is 0 Å². The molecule has 0 atom stereocenters. The Morgan fingerprint density at radius 3 is 2.22 bits per heavy atom. The van der Waals surface area contributed by atoms with Gasteiger partial charge in [0.1, 0.15) is 0 Å². The third kappa shape index (κ3) is 8.80. The molecule has 0 aromatic rings. The SMILES string of the molecule is O[Si](O)(O)CCCSS. The highest BCUT2D eigenvalue weighted by Gasteiger charge is 2.25. The first-order valence-corrected chi connectivity index (χ1v) is 6.58. The molecule has 0 radical (unpaired) electrons. The highest BCUT2D eigenvalue weighted by molar-refractivity contribution is 8.68. The van der Waals surface area contributed by atoms with Crippen molar-refractivity contribution in [1.29, 1.82) is 0 Å². The van der Waals surface area contributed by atoms with Crippen LogP contribution in [0.25, 0.3) is 0 Å². The largest absolute Gasteiger partial charge is 0.492 e.